The molecule has 2 atom stereocenters. The average Bonchev–Trinajstić information content (AvgIpc) is 2.48. The first-order chi connectivity index (χ1) is 9.66. The molecule has 118 valence electrons. The number of amides is 1. The van der Waals surface area contributed by atoms with Crippen LogP contribution in [0.3, 0.4) is 0 Å². The van der Waals surface area contributed by atoms with Crippen LogP contribution in [0.2, 0.25) is 0 Å². The molecule has 1 amide bonds. The normalized spacial score (nSPS) is 19.2. The molecule has 2 N–H and O–H groups in total. The quantitative estimate of drug-likeness (QED) is 0.854. The van der Waals surface area contributed by atoms with Crippen molar-refractivity contribution in [2.24, 2.45) is 0 Å². The summed E-state index contributed by atoms with van der Waals surface area (Å²) >= 11 is 0. The Morgan fingerprint density at radius 3 is 3.00 bits per heavy atom. The van der Waals surface area contributed by atoms with Gasteiger partial charge in [0.2, 0.25) is 0 Å². The van der Waals surface area contributed by atoms with E-state index in [1.807, 2.05) is 0 Å². The Morgan fingerprint density at radius 1 is 1.57 bits per heavy atom. The van der Waals surface area contributed by atoms with Gasteiger partial charge in [-0.1, -0.05) is 12.1 Å². The third-order valence-corrected chi connectivity index (χ3v) is 2.95. The highest BCUT2D eigenvalue weighted by Crippen LogP contribution is 2.16. The van der Waals surface area contributed by atoms with Gasteiger partial charge in [-0.15, -0.1) is 12.4 Å². The van der Waals surface area contributed by atoms with Crippen molar-refractivity contribution < 1.29 is 18.7 Å². The SMILES string of the molecule is CC(CNC(=O)C1CNCCO1)Oc1ccccc1F.Cl. The van der Waals surface area contributed by atoms with E-state index in [1.165, 1.54) is 6.07 Å². The Kier molecular flexibility index (Phi) is 7.42. The van der Waals surface area contributed by atoms with E-state index in [9.17, 15) is 9.18 Å². The van der Waals surface area contributed by atoms with Crippen LogP contribution >= 0.6 is 12.4 Å². The minimum atomic E-state index is -0.468. The van der Waals surface area contributed by atoms with Crippen molar-refractivity contribution >= 4 is 18.3 Å². The van der Waals surface area contributed by atoms with Crippen LogP contribution in [0.5, 0.6) is 5.75 Å². The van der Waals surface area contributed by atoms with Gasteiger partial charge in [-0.2, -0.15) is 0 Å². The van der Waals surface area contributed by atoms with Crippen molar-refractivity contribution in [2.45, 2.75) is 19.1 Å². The Bertz CT molecular complexity index is 456. The number of carbonyl (C=O) groups is 1. The van der Waals surface area contributed by atoms with Gasteiger partial charge in [0, 0.05) is 13.1 Å². The van der Waals surface area contributed by atoms with Gasteiger partial charge in [-0.25, -0.2) is 4.39 Å². The highest BCUT2D eigenvalue weighted by molar-refractivity contribution is 5.85. The number of halogens is 2. The van der Waals surface area contributed by atoms with Crippen LogP contribution in [0.25, 0.3) is 0 Å². The van der Waals surface area contributed by atoms with Crippen molar-refractivity contribution in [2.75, 3.05) is 26.2 Å². The molecule has 1 aromatic rings. The Morgan fingerprint density at radius 2 is 2.33 bits per heavy atom. The molecule has 0 spiro atoms. The fourth-order valence-electron chi connectivity index (χ4n) is 1.89. The molecule has 1 aliphatic heterocycles. The number of para-hydroxylation sites is 1. The minimum Gasteiger partial charge on any atom is -0.486 e. The van der Waals surface area contributed by atoms with E-state index in [-0.39, 0.29) is 30.2 Å². The zero-order valence-corrected chi connectivity index (χ0v) is 12.6. The Hall–Kier alpha value is -1.37. The summed E-state index contributed by atoms with van der Waals surface area (Å²) in [7, 11) is 0. The topological polar surface area (TPSA) is 59.6 Å². The van der Waals surface area contributed by atoms with Gasteiger partial charge in [0.25, 0.3) is 5.91 Å². The lowest BCUT2D eigenvalue weighted by molar-refractivity contribution is -0.134. The van der Waals surface area contributed by atoms with Crippen LogP contribution < -0.4 is 15.4 Å². The van der Waals surface area contributed by atoms with Crippen molar-refractivity contribution in [3.05, 3.63) is 30.1 Å². The smallest absolute Gasteiger partial charge is 0.250 e. The van der Waals surface area contributed by atoms with Crippen LogP contribution in [0, 0.1) is 5.82 Å². The van der Waals surface area contributed by atoms with Gasteiger partial charge < -0.3 is 20.1 Å². The van der Waals surface area contributed by atoms with Gasteiger partial charge in [0.1, 0.15) is 12.2 Å². The third-order valence-electron chi connectivity index (χ3n) is 2.95. The Labute approximate surface area is 129 Å². The zero-order valence-electron chi connectivity index (χ0n) is 11.8. The third kappa shape index (κ3) is 5.49. The molecule has 2 rings (SSSR count). The van der Waals surface area contributed by atoms with Crippen molar-refractivity contribution in [1.82, 2.24) is 10.6 Å². The van der Waals surface area contributed by atoms with Crippen LogP contribution in [0.15, 0.2) is 24.3 Å². The molecule has 0 radical (unpaired) electrons. The molecule has 0 bridgehead atoms. The van der Waals surface area contributed by atoms with Gasteiger partial charge in [0.15, 0.2) is 11.6 Å². The van der Waals surface area contributed by atoms with E-state index in [0.717, 1.165) is 6.54 Å². The molecule has 7 heteroatoms. The molecule has 21 heavy (non-hydrogen) atoms. The highest BCUT2D eigenvalue weighted by atomic mass is 35.5. The van der Waals surface area contributed by atoms with Gasteiger partial charge >= 0.3 is 0 Å². The number of hydrogen-bond acceptors (Lipinski definition) is 4. The molecule has 1 heterocycles. The van der Waals surface area contributed by atoms with Crippen LogP contribution in [0.4, 0.5) is 4.39 Å². The fourth-order valence-corrected chi connectivity index (χ4v) is 1.89. The number of nitrogens with one attached hydrogen (secondary N) is 2. The second-order valence-electron chi connectivity index (χ2n) is 4.67. The maximum Gasteiger partial charge on any atom is 0.250 e. The molecule has 0 saturated carbocycles. The summed E-state index contributed by atoms with van der Waals surface area (Å²) < 4.78 is 24.2. The van der Waals surface area contributed by atoms with E-state index in [1.54, 1.807) is 25.1 Å². The molecule has 1 saturated heterocycles. The molecule has 2 unspecified atom stereocenters. The van der Waals surface area contributed by atoms with E-state index >= 15 is 0 Å². The number of rotatable bonds is 5. The molecule has 1 fully saturated rings. The van der Waals surface area contributed by atoms with Crippen molar-refractivity contribution in [1.29, 1.82) is 0 Å². The predicted octanol–water partition coefficient (Wildman–Crippen LogP) is 1.12. The van der Waals surface area contributed by atoms with E-state index in [4.69, 9.17) is 9.47 Å². The van der Waals surface area contributed by atoms with Crippen LogP contribution in [-0.4, -0.2) is 44.4 Å². The summed E-state index contributed by atoms with van der Waals surface area (Å²) in [5, 5.41) is 5.82. The second-order valence-corrected chi connectivity index (χ2v) is 4.67. The summed E-state index contributed by atoms with van der Waals surface area (Å²) in [6.45, 7) is 3.87. The van der Waals surface area contributed by atoms with E-state index in [0.29, 0.717) is 19.7 Å². The van der Waals surface area contributed by atoms with Crippen molar-refractivity contribution in [3.8, 4) is 5.75 Å². The Balaban J connectivity index is 0.00000220. The minimum absolute atomic E-state index is 0. The number of hydrogen-bond donors (Lipinski definition) is 2. The maximum atomic E-state index is 13.4. The number of benzene rings is 1. The number of carbonyl (C=O) groups excluding carboxylic acids is 1. The molecule has 1 aliphatic rings. The van der Waals surface area contributed by atoms with Gasteiger partial charge in [-0.3, -0.25) is 4.79 Å². The summed E-state index contributed by atoms with van der Waals surface area (Å²) in [4.78, 5) is 11.8. The number of ether oxygens (including phenoxy) is 2. The molecule has 5 nitrogen and oxygen atoms in total. The summed E-state index contributed by atoms with van der Waals surface area (Å²) in [6, 6.07) is 6.19. The fraction of sp³-hybridized carbons (Fsp3) is 0.500. The summed E-state index contributed by atoms with van der Waals surface area (Å²) in [5.74, 6) is -0.406. The molecular weight excluding hydrogens is 299 g/mol. The zero-order chi connectivity index (χ0) is 14.4. The summed E-state index contributed by atoms with van der Waals surface area (Å²) in [6.07, 6.45) is -0.795. The lowest BCUT2D eigenvalue weighted by atomic mass is 10.2. The first kappa shape index (κ1) is 17.7. The standard InChI is InChI=1S/C14H19FN2O3.ClH/c1-10(20-12-5-3-2-4-11(12)15)8-17-14(18)13-9-16-6-7-19-13;/h2-5,10,13,16H,6-9H2,1H3,(H,17,18);1H. The first-order valence-corrected chi connectivity index (χ1v) is 6.68. The highest BCUT2D eigenvalue weighted by Gasteiger charge is 2.22. The van der Waals surface area contributed by atoms with Crippen molar-refractivity contribution in [3.63, 3.8) is 0 Å². The molecular formula is C14H20ClFN2O3. The predicted molar refractivity (Wildman–Crippen MR) is 79.4 cm³/mol. The largest absolute Gasteiger partial charge is 0.486 e. The summed E-state index contributed by atoms with van der Waals surface area (Å²) in [5.41, 5.74) is 0. The maximum absolute atomic E-state index is 13.4. The van der Waals surface area contributed by atoms with E-state index in [2.05, 4.69) is 10.6 Å². The molecule has 0 aromatic heterocycles. The molecule has 0 aliphatic carbocycles. The van der Waals surface area contributed by atoms with Crippen LogP contribution in [-0.2, 0) is 9.53 Å². The lowest BCUT2D eigenvalue weighted by Crippen LogP contribution is -2.49. The average molecular weight is 319 g/mol. The van der Waals surface area contributed by atoms with Gasteiger partial charge in [0.05, 0.1) is 13.2 Å². The van der Waals surface area contributed by atoms with Crippen LogP contribution in [0.1, 0.15) is 6.92 Å². The molecule has 1 aromatic carbocycles. The van der Waals surface area contributed by atoms with E-state index < -0.39 is 11.9 Å². The second kappa shape index (κ2) is 8.81. The van der Waals surface area contributed by atoms with Gasteiger partial charge in [-0.05, 0) is 19.1 Å². The lowest BCUT2D eigenvalue weighted by Gasteiger charge is -2.23. The first-order valence-electron chi connectivity index (χ1n) is 6.68. The number of morpholine rings is 1. The monoisotopic (exact) mass is 318 g/mol.